The summed E-state index contributed by atoms with van der Waals surface area (Å²) in [5.41, 5.74) is 0. The van der Waals surface area contributed by atoms with Crippen LogP contribution in [0.25, 0.3) is 4.96 Å². The highest BCUT2D eigenvalue weighted by Gasteiger charge is 2.26. The summed E-state index contributed by atoms with van der Waals surface area (Å²) < 4.78 is 29.4. The second-order valence-corrected chi connectivity index (χ2v) is 7.24. The van der Waals surface area contributed by atoms with E-state index in [1.165, 1.54) is 11.3 Å². The Morgan fingerprint density at radius 2 is 2.25 bits per heavy atom. The number of fused-ring (bicyclic) bond motifs is 1. The molecule has 0 saturated heterocycles. The first-order chi connectivity index (χ1) is 9.49. The van der Waals surface area contributed by atoms with Gasteiger partial charge in [-0.25, -0.2) is 18.1 Å². The average Bonchev–Trinajstić information content (AvgIpc) is 2.94. The fourth-order valence-electron chi connectivity index (χ4n) is 2.07. The Morgan fingerprint density at radius 3 is 2.90 bits per heavy atom. The molecule has 0 saturated carbocycles. The van der Waals surface area contributed by atoms with Crippen LogP contribution in [-0.4, -0.2) is 30.9 Å². The van der Waals surface area contributed by atoms with Crippen molar-refractivity contribution in [1.29, 1.82) is 0 Å². The van der Waals surface area contributed by atoms with Gasteiger partial charge in [-0.1, -0.05) is 19.8 Å². The van der Waals surface area contributed by atoms with Crippen LogP contribution in [0.2, 0.25) is 0 Å². The Kier molecular flexibility index (Phi) is 4.66. The van der Waals surface area contributed by atoms with Gasteiger partial charge in [-0.15, -0.1) is 11.3 Å². The molecule has 6 nitrogen and oxygen atoms in total. The van der Waals surface area contributed by atoms with E-state index in [1.54, 1.807) is 17.6 Å². The van der Waals surface area contributed by atoms with Crippen LogP contribution in [0, 0.1) is 0 Å². The molecule has 0 aromatic carbocycles. The van der Waals surface area contributed by atoms with Crippen LogP contribution in [0.3, 0.4) is 0 Å². The van der Waals surface area contributed by atoms with Gasteiger partial charge in [0.15, 0.2) is 15.8 Å². The maximum Gasteiger partial charge on any atom is 0.260 e. The number of hydrogen-bond donors (Lipinski definition) is 2. The van der Waals surface area contributed by atoms with Gasteiger partial charge in [-0.05, 0) is 13.3 Å². The summed E-state index contributed by atoms with van der Waals surface area (Å²) in [6.07, 6.45) is 4.60. The monoisotopic (exact) mass is 316 g/mol. The number of aromatic nitrogens is 2. The number of nitrogens with one attached hydrogen (secondary N) is 2. The summed E-state index contributed by atoms with van der Waals surface area (Å²) in [5, 5.41) is 4.85. The second-order valence-electron chi connectivity index (χ2n) is 4.74. The fourth-order valence-corrected chi connectivity index (χ4v) is 4.41. The average molecular weight is 316 g/mol. The van der Waals surface area contributed by atoms with Gasteiger partial charge >= 0.3 is 0 Å². The van der Waals surface area contributed by atoms with Gasteiger partial charge in [0.25, 0.3) is 10.0 Å². The molecule has 0 fully saturated rings. The van der Waals surface area contributed by atoms with Crippen LogP contribution in [-0.2, 0) is 10.0 Å². The molecule has 2 N–H and O–H groups in total. The minimum Gasteiger partial charge on any atom is -0.371 e. The van der Waals surface area contributed by atoms with E-state index in [4.69, 9.17) is 0 Å². The number of imidazole rings is 1. The van der Waals surface area contributed by atoms with Crippen molar-refractivity contribution < 1.29 is 8.42 Å². The van der Waals surface area contributed by atoms with Crippen LogP contribution >= 0.6 is 11.3 Å². The summed E-state index contributed by atoms with van der Waals surface area (Å²) in [7, 11) is -1.92. The van der Waals surface area contributed by atoms with Crippen molar-refractivity contribution in [3.63, 3.8) is 0 Å². The zero-order chi connectivity index (χ0) is 14.8. The highest BCUT2D eigenvalue weighted by molar-refractivity contribution is 7.89. The molecule has 0 spiro atoms. The minimum atomic E-state index is -3.59. The number of sulfonamides is 1. The molecule has 2 aromatic heterocycles. The first-order valence-corrected chi connectivity index (χ1v) is 9.01. The Balaban J connectivity index is 2.33. The van der Waals surface area contributed by atoms with Crippen LogP contribution in [0.5, 0.6) is 0 Å². The van der Waals surface area contributed by atoms with Gasteiger partial charge in [-0.3, -0.25) is 4.40 Å². The Morgan fingerprint density at radius 1 is 1.50 bits per heavy atom. The zero-order valence-electron chi connectivity index (χ0n) is 11.9. The molecule has 2 rings (SSSR count). The third-order valence-electron chi connectivity index (χ3n) is 3.06. The number of hydrogen-bond acceptors (Lipinski definition) is 5. The number of anilines is 1. The quantitative estimate of drug-likeness (QED) is 0.822. The molecule has 112 valence electrons. The van der Waals surface area contributed by atoms with Crippen molar-refractivity contribution >= 4 is 32.1 Å². The maximum absolute atomic E-state index is 12.6. The lowest BCUT2D eigenvalue weighted by Crippen LogP contribution is -2.33. The Hall–Kier alpha value is -1.12. The van der Waals surface area contributed by atoms with Crippen LogP contribution < -0.4 is 10.0 Å². The normalized spacial score (nSPS) is 13.8. The first kappa shape index (κ1) is 15.3. The number of nitrogens with zero attached hydrogens (tertiary/aromatic N) is 2. The standard InChI is InChI=1S/C12H20N4O2S2/c1-4-5-6-9(2)15-20(17,18)11-10(13-3)14-12-16(11)7-8-19-12/h7-9,13,15H,4-6H2,1-3H3. The molecule has 0 aliphatic heterocycles. The van der Waals surface area contributed by atoms with E-state index in [1.807, 2.05) is 12.3 Å². The molecule has 20 heavy (non-hydrogen) atoms. The Bertz CT molecular complexity index is 675. The van der Waals surface area contributed by atoms with E-state index >= 15 is 0 Å². The van der Waals surface area contributed by atoms with Gasteiger partial charge in [0.05, 0.1) is 0 Å². The second kappa shape index (κ2) is 6.11. The van der Waals surface area contributed by atoms with Crippen molar-refractivity contribution in [3.05, 3.63) is 11.6 Å². The third-order valence-corrected chi connectivity index (χ3v) is 5.43. The lowest BCUT2D eigenvalue weighted by Gasteiger charge is -2.14. The van der Waals surface area contributed by atoms with E-state index in [-0.39, 0.29) is 11.1 Å². The predicted octanol–water partition coefficient (Wildman–Crippen LogP) is 2.29. The summed E-state index contributed by atoms with van der Waals surface area (Å²) >= 11 is 1.41. The third kappa shape index (κ3) is 2.97. The fraction of sp³-hybridized carbons (Fsp3) is 0.583. The van der Waals surface area contributed by atoms with Gasteiger partial charge in [-0.2, -0.15) is 0 Å². The molecular formula is C12H20N4O2S2. The van der Waals surface area contributed by atoms with Gasteiger partial charge in [0.1, 0.15) is 0 Å². The lowest BCUT2D eigenvalue weighted by atomic mass is 10.2. The van der Waals surface area contributed by atoms with E-state index < -0.39 is 10.0 Å². The number of unbranched alkanes of at least 4 members (excludes halogenated alkanes) is 1. The first-order valence-electron chi connectivity index (χ1n) is 6.65. The number of rotatable bonds is 7. The summed E-state index contributed by atoms with van der Waals surface area (Å²) in [4.78, 5) is 4.94. The lowest BCUT2D eigenvalue weighted by molar-refractivity contribution is 0.531. The molecule has 0 aliphatic carbocycles. The SMILES string of the molecule is CCCCC(C)NS(=O)(=O)c1c(NC)nc2sccn12. The van der Waals surface area contributed by atoms with Crippen molar-refractivity contribution in [2.75, 3.05) is 12.4 Å². The van der Waals surface area contributed by atoms with E-state index in [9.17, 15) is 8.42 Å². The van der Waals surface area contributed by atoms with E-state index in [0.717, 1.165) is 19.3 Å². The minimum absolute atomic E-state index is 0.0890. The highest BCUT2D eigenvalue weighted by atomic mass is 32.2. The van der Waals surface area contributed by atoms with Gasteiger partial charge in [0.2, 0.25) is 0 Å². The molecule has 0 aliphatic rings. The summed E-state index contributed by atoms with van der Waals surface area (Å²) in [6, 6.07) is -0.0890. The van der Waals surface area contributed by atoms with Crippen molar-refractivity contribution in [3.8, 4) is 0 Å². The molecule has 2 aromatic rings. The Labute approximate surface area is 123 Å². The van der Waals surface area contributed by atoms with Crippen molar-refractivity contribution in [1.82, 2.24) is 14.1 Å². The maximum atomic E-state index is 12.6. The predicted molar refractivity (Wildman–Crippen MR) is 81.9 cm³/mol. The van der Waals surface area contributed by atoms with E-state index in [0.29, 0.717) is 10.8 Å². The smallest absolute Gasteiger partial charge is 0.260 e. The molecule has 1 atom stereocenters. The van der Waals surface area contributed by atoms with E-state index in [2.05, 4.69) is 21.9 Å². The summed E-state index contributed by atoms with van der Waals surface area (Å²) in [6.45, 7) is 3.98. The topological polar surface area (TPSA) is 75.5 Å². The van der Waals surface area contributed by atoms with Crippen LogP contribution in [0.1, 0.15) is 33.1 Å². The summed E-state index contributed by atoms with van der Waals surface area (Å²) in [5.74, 6) is 0.382. The molecule has 0 amide bonds. The van der Waals surface area contributed by atoms with Crippen LogP contribution in [0.15, 0.2) is 16.6 Å². The zero-order valence-corrected chi connectivity index (χ0v) is 13.5. The highest BCUT2D eigenvalue weighted by Crippen LogP contribution is 2.25. The van der Waals surface area contributed by atoms with Crippen molar-refractivity contribution in [2.24, 2.45) is 0 Å². The largest absolute Gasteiger partial charge is 0.371 e. The van der Waals surface area contributed by atoms with Gasteiger partial charge in [0, 0.05) is 24.7 Å². The molecule has 0 radical (unpaired) electrons. The number of thiazole rings is 1. The molecule has 0 bridgehead atoms. The molecule has 8 heteroatoms. The van der Waals surface area contributed by atoms with Crippen LogP contribution in [0.4, 0.5) is 5.82 Å². The molecule has 1 unspecified atom stereocenters. The molecule has 2 heterocycles. The molecular weight excluding hydrogens is 296 g/mol. The van der Waals surface area contributed by atoms with Gasteiger partial charge < -0.3 is 5.32 Å². The van der Waals surface area contributed by atoms with Crippen molar-refractivity contribution in [2.45, 2.75) is 44.2 Å².